The van der Waals surface area contributed by atoms with Crippen LogP contribution in [0.25, 0.3) is 22.1 Å². The summed E-state index contributed by atoms with van der Waals surface area (Å²) in [5.41, 5.74) is 2.41. The maximum absolute atomic E-state index is 12.5. The van der Waals surface area contributed by atoms with Crippen LogP contribution < -0.4 is 10.9 Å². The Morgan fingerprint density at radius 1 is 0.963 bits per heavy atom. The number of halogens is 2. The molecule has 4 rings (SSSR count). The molecule has 0 spiro atoms. The van der Waals surface area contributed by atoms with Gasteiger partial charge in [0.1, 0.15) is 16.7 Å². The average Bonchev–Trinajstić information content (AvgIpc) is 3.01. The highest BCUT2D eigenvalue weighted by atomic mass is 35.5. The number of rotatable bonds is 4. The molecule has 4 aromatic rings. The highest BCUT2D eigenvalue weighted by molar-refractivity contribution is 6.42. The van der Waals surface area contributed by atoms with Crippen LogP contribution in [0.3, 0.4) is 0 Å². The third-order valence-electron chi connectivity index (χ3n) is 4.23. The summed E-state index contributed by atoms with van der Waals surface area (Å²) in [5, 5.41) is 4.48. The zero-order chi connectivity index (χ0) is 19.0. The summed E-state index contributed by atoms with van der Waals surface area (Å²) in [7, 11) is 0. The average molecular weight is 400 g/mol. The van der Waals surface area contributed by atoms with E-state index in [2.05, 4.69) is 5.32 Å². The van der Waals surface area contributed by atoms with Gasteiger partial charge < -0.3 is 14.2 Å². The van der Waals surface area contributed by atoms with E-state index in [1.54, 1.807) is 31.2 Å². The van der Waals surface area contributed by atoms with Crippen LogP contribution in [-0.4, -0.2) is 0 Å². The molecular formula is C21H15Cl2NO3. The molecule has 0 aliphatic carbocycles. The summed E-state index contributed by atoms with van der Waals surface area (Å²) >= 11 is 12.2. The first kappa shape index (κ1) is 17.7. The number of anilines is 1. The Kier molecular flexibility index (Phi) is 4.68. The van der Waals surface area contributed by atoms with E-state index in [0.29, 0.717) is 44.8 Å². The molecule has 27 heavy (non-hydrogen) atoms. The Hall–Kier alpha value is -2.69. The van der Waals surface area contributed by atoms with Crippen molar-refractivity contribution in [1.29, 1.82) is 0 Å². The van der Waals surface area contributed by atoms with Crippen molar-refractivity contribution < 1.29 is 8.83 Å². The van der Waals surface area contributed by atoms with E-state index in [4.69, 9.17) is 32.0 Å². The second kappa shape index (κ2) is 7.14. The predicted octanol–water partition coefficient (Wildman–Crippen LogP) is 6.28. The van der Waals surface area contributed by atoms with Crippen molar-refractivity contribution in [1.82, 2.24) is 0 Å². The standard InChI is InChI=1S/C21H15Cl2NO3/c1-12-9-17-19(21(25)26-12)18(14-7-8-15(22)16(23)10-14)20(27-17)24-11-13-5-3-2-4-6-13/h2-10,24H,11H2,1H3. The summed E-state index contributed by atoms with van der Waals surface area (Å²) in [6.07, 6.45) is 0. The molecule has 2 heterocycles. The van der Waals surface area contributed by atoms with Crippen LogP contribution in [0.4, 0.5) is 5.88 Å². The highest BCUT2D eigenvalue weighted by Crippen LogP contribution is 2.39. The summed E-state index contributed by atoms with van der Waals surface area (Å²) in [6.45, 7) is 2.25. The first-order chi connectivity index (χ1) is 13.0. The molecule has 0 aliphatic heterocycles. The summed E-state index contributed by atoms with van der Waals surface area (Å²) < 4.78 is 11.2. The number of furan rings is 1. The van der Waals surface area contributed by atoms with E-state index in [0.717, 1.165) is 11.1 Å². The molecule has 2 aromatic heterocycles. The van der Waals surface area contributed by atoms with E-state index in [-0.39, 0.29) is 0 Å². The SMILES string of the molecule is Cc1cc2oc(NCc3ccccc3)c(-c3ccc(Cl)c(Cl)c3)c2c(=O)o1. The zero-order valence-corrected chi connectivity index (χ0v) is 15.9. The van der Waals surface area contributed by atoms with Gasteiger partial charge in [-0.15, -0.1) is 0 Å². The fourth-order valence-electron chi connectivity index (χ4n) is 2.99. The van der Waals surface area contributed by atoms with Gasteiger partial charge in [0.2, 0.25) is 5.88 Å². The number of nitrogens with one attached hydrogen (secondary N) is 1. The number of hydrogen-bond donors (Lipinski definition) is 1. The normalized spacial score (nSPS) is 11.1. The van der Waals surface area contributed by atoms with Gasteiger partial charge in [-0.05, 0) is 30.2 Å². The van der Waals surface area contributed by atoms with Crippen molar-refractivity contribution in [3.8, 4) is 11.1 Å². The molecule has 0 bridgehead atoms. The molecule has 0 saturated heterocycles. The predicted molar refractivity (Wildman–Crippen MR) is 109 cm³/mol. The van der Waals surface area contributed by atoms with Gasteiger partial charge in [-0.1, -0.05) is 59.6 Å². The highest BCUT2D eigenvalue weighted by Gasteiger charge is 2.21. The minimum absolute atomic E-state index is 0.370. The van der Waals surface area contributed by atoms with Crippen LogP contribution >= 0.6 is 23.2 Å². The lowest BCUT2D eigenvalue weighted by Gasteiger charge is -2.07. The van der Waals surface area contributed by atoms with Crippen molar-refractivity contribution >= 4 is 40.1 Å². The van der Waals surface area contributed by atoms with E-state index in [1.165, 1.54) is 0 Å². The van der Waals surface area contributed by atoms with Gasteiger partial charge in [0, 0.05) is 12.6 Å². The third-order valence-corrected chi connectivity index (χ3v) is 4.97. The molecule has 136 valence electrons. The van der Waals surface area contributed by atoms with Crippen molar-refractivity contribution in [2.24, 2.45) is 0 Å². The lowest BCUT2D eigenvalue weighted by Crippen LogP contribution is -2.02. The summed E-state index contributed by atoms with van der Waals surface area (Å²) in [5.74, 6) is 0.960. The van der Waals surface area contributed by atoms with Crippen LogP contribution in [0, 0.1) is 6.92 Å². The molecule has 0 saturated carbocycles. The Balaban J connectivity index is 1.87. The van der Waals surface area contributed by atoms with E-state index in [1.807, 2.05) is 30.3 Å². The molecule has 0 fully saturated rings. The molecule has 0 amide bonds. The Morgan fingerprint density at radius 2 is 1.74 bits per heavy atom. The van der Waals surface area contributed by atoms with E-state index < -0.39 is 5.63 Å². The topological polar surface area (TPSA) is 55.4 Å². The maximum Gasteiger partial charge on any atom is 0.347 e. The number of hydrogen-bond acceptors (Lipinski definition) is 4. The fourth-order valence-corrected chi connectivity index (χ4v) is 3.29. The maximum atomic E-state index is 12.5. The lowest BCUT2D eigenvalue weighted by molar-refractivity contribution is 0.485. The molecule has 0 radical (unpaired) electrons. The van der Waals surface area contributed by atoms with E-state index in [9.17, 15) is 4.79 Å². The minimum atomic E-state index is -0.456. The minimum Gasteiger partial charge on any atom is -0.440 e. The van der Waals surface area contributed by atoms with Crippen molar-refractivity contribution in [2.45, 2.75) is 13.5 Å². The number of fused-ring (bicyclic) bond motifs is 1. The van der Waals surface area contributed by atoms with Crippen molar-refractivity contribution in [3.63, 3.8) is 0 Å². The van der Waals surface area contributed by atoms with Gasteiger partial charge in [-0.3, -0.25) is 0 Å². The number of aryl methyl sites for hydroxylation is 1. The largest absolute Gasteiger partial charge is 0.440 e. The Labute approximate surface area is 165 Å². The Morgan fingerprint density at radius 3 is 2.48 bits per heavy atom. The lowest BCUT2D eigenvalue weighted by atomic mass is 10.0. The van der Waals surface area contributed by atoms with E-state index >= 15 is 0 Å². The van der Waals surface area contributed by atoms with Crippen molar-refractivity contribution in [3.05, 3.63) is 86.4 Å². The summed E-state index contributed by atoms with van der Waals surface area (Å²) in [4.78, 5) is 12.5. The van der Waals surface area contributed by atoms with Gasteiger partial charge in [-0.25, -0.2) is 4.79 Å². The van der Waals surface area contributed by atoms with Crippen molar-refractivity contribution in [2.75, 3.05) is 5.32 Å². The molecular weight excluding hydrogens is 385 g/mol. The molecule has 6 heteroatoms. The van der Waals surface area contributed by atoms with Gasteiger partial charge in [0.05, 0.1) is 15.6 Å². The molecule has 1 N–H and O–H groups in total. The van der Waals surface area contributed by atoms with Crippen LogP contribution in [-0.2, 0) is 6.54 Å². The molecule has 0 atom stereocenters. The second-order valence-electron chi connectivity index (χ2n) is 6.16. The molecule has 2 aromatic carbocycles. The molecule has 0 unspecified atom stereocenters. The van der Waals surface area contributed by atoms with Gasteiger partial charge in [-0.2, -0.15) is 0 Å². The smallest absolute Gasteiger partial charge is 0.347 e. The van der Waals surface area contributed by atoms with Gasteiger partial charge >= 0.3 is 5.63 Å². The fraction of sp³-hybridized carbons (Fsp3) is 0.0952. The van der Waals surface area contributed by atoms with Gasteiger partial charge in [0.25, 0.3) is 0 Å². The first-order valence-electron chi connectivity index (χ1n) is 8.33. The third kappa shape index (κ3) is 3.46. The number of benzene rings is 2. The van der Waals surface area contributed by atoms with Crippen LogP contribution in [0.1, 0.15) is 11.3 Å². The quantitative estimate of drug-likeness (QED) is 0.438. The Bertz CT molecular complexity index is 1180. The monoisotopic (exact) mass is 399 g/mol. The van der Waals surface area contributed by atoms with Crippen LogP contribution in [0.5, 0.6) is 0 Å². The second-order valence-corrected chi connectivity index (χ2v) is 6.97. The molecule has 4 nitrogen and oxygen atoms in total. The zero-order valence-electron chi connectivity index (χ0n) is 14.4. The summed E-state index contributed by atoms with van der Waals surface area (Å²) in [6, 6.07) is 16.8. The first-order valence-corrected chi connectivity index (χ1v) is 9.09. The van der Waals surface area contributed by atoms with Crippen LogP contribution in [0.15, 0.2) is 68.2 Å². The molecule has 0 aliphatic rings. The van der Waals surface area contributed by atoms with Crippen LogP contribution in [0.2, 0.25) is 10.0 Å². The van der Waals surface area contributed by atoms with Gasteiger partial charge in [0.15, 0.2) is 0 Å².